The van der Waals surface area contributed by atoms with Crippen LogP contribution in [0.1, 0.15) is 74.4 Å². The summed E-state index contributed by atoms with van der Waals surface area (Å²) in [5.41, 5.74) is -1.99. The Bertz CT molecular complexity index is 1560. The lowest BCUT2D eigenvalue weighted by Gasteiger charge is -2.38. The fraction of sp³-hybridized carbons (Fsp3) is 0.545. The first-order valence-electron chi connectivity index (χ1n) is 15.4. The number of nitrogens with one attached hydrogen (secondary N) is 1. The van der Waals surface area contributed by atoms with Crippen LogP contribution in [0.5, 0.6) is 11.5 Å². The molecule has 0 saturated carbocycles. The van der Waals surface area contributed by atoms with Crippen LogP contribution in [-0.4, -0.2) is 77.0 Å². The van der Waals surface area contributed by atoms with Crippen molar-refractivity contribution in [3.63, 3.8) is 0 Å². The molecule has 2 fully saturated rings. The van der Waals surface area contributed by atoms with E-state index in [2.05, 4.69) is 14.7 Å². The number of H-pyrrole nitrogens is 1. The number of ether oxygens (including phenoxy) is 2. The molecule has 1 aromatic heterocycles. The maximum absolute atomic E-state index is 17.1. The standard InChI is InChI=1S/C33H40F4N4O5.ClH/c1-31(2,3)41-19-26(22-7-10-24(44-4)11-8-22)32(34,20-41)29(42)40-15-13-21(14-16-40)25-12-9-23(33(35,36)37)18-27(25)45-17-5-6-28-38-30(43)46-39-28;/h7-12,18,21,26H,5-6,13-17,19-20H2,1-4H3,(H,38,39,43);1H/t26-,32-;/m0./s1. The van der Waals surface area contributed by atoms with Crippen LogP contribution in [0.25, 0.3) is 0 Å². The average Bonchev–Trinajstić information content (AvgIpc) is 3.61. The molecule has 3 aromatic rings. The number of alkyl halides is 4. The summed E-state index contributed by atoms with van der Waals surface area (Å²) in [6.45, 7) is 6.95. The lowest BCUT2D eigenvalue weighted by molar-refractivity contribution is -0.145. The van der Waals surface area contributed by atoms with Crippen molar-refractivity contribution >= 4 is 18.3 Å². The number of benzene rings is 2. The zero-order valence-corrected chi connectivity index (χ0v) is 27.7. The highest BCUT2D eigenvalue weighted by Crippen LogP contribution is 2.45. The normalized spacial score (nSPS) is 21.0. The number of hydrogen-bond acceptors (Lipinski definition) is 7. The van der Waals surface area contributed by atoms with Crippen LogP contribution in [0.4, 0.5) is 17.6 Å². The number of carbonyl (C=O) groups is 1. The van der Waals surface area contributed by atoms with Crippen LogP contribution < -0.4 is 15.2 Å². The Balaban J connectivity index is 0.00000500. The fourth-order valence-corrected chi connectivity index (χ4v) is 6.37. The van der Waals surface area contributed by atoms with Gasteiger partial charge in [0.25, 0.3) is 5.91 Å². The first-order chi connectivity index (χ1) is 21.7. The van der Waals surface area contributed by atoms with E-state index < -0.39 is 35.0 Å². The monoisotopic (exact) mass is 684 g/mol. The molecule has 5 rings (SSSR count). The summed E-state index contributed by atoms with van der Waals surface area (Å²) < 4.78 is 73.4. The van der Waals surface area contributed by atoms with E-state index in [0.29, 0.717) is 49.4 Å². The van der Waals surface area contributed by atoms with Crippen LogP contribution in [0.2, 0.25) is 0 Å². The largest absolute Gasteiger partial charge is 0.497 e. The van der Waals surface area contributed by atoms with E-state index in [1.165, 1.54) is 6.07 Å². The third-order valence-corrected chi connectivity index (χ3v) is 9.06. The van der Waals surface area contributed by atoms with Gasteiger partial charge in [0.1, 0.15) is 11.5 Å². The van der Waals surface area contributed by atoms with Gasteiger partial charge in [0.2, 0.25) is 5.67 Å². The van der Waals surface area contributed by atoms with Gasteiger partial charge >= 0.3 is 11.9 Å². The number of methoxy groups -OCH3 is 1. The van der Waals surface area contributed by atoms with Crippen molar-refractivity contribution in [1.82, 2.24) is 19.9 Å². The molecule has 0 radical (unpaired) electrons. The number of amides is 1. The molecule has 47 heavy (non-hydrogen) atoms. The Kier molecular flexibility index (Phi) is 11.0. The lowest BCUT2D eigenvalue weighted by atomic mass is 9.83. The van der Waals surface area contributed by atoms with Crippen LogP contribution in [0, 0.1) is 0 Å². The van der Waals surface area contributed by atoms with Gasteiger partial charge in [-0.05, 0) is 81.3 Å². The molecular formula is C33H41ClF4N4O5. The molecule has 0 bridgehead atoms. The number of likely N-dealkylation sites (tertiary alicyclic amines) is 2. The van der Waals surface area contributed by atoms with E-state index in [1.807, 2.05) is 25.7 Å². The van der Waals surface area contributed by atoms with E-state index in [-0.39, 0.29) is 55.9 Å². The number of aromatic amines is 1. The maximum Gasteiger partial charge on any atom is 0.438 e. The topological polar surface area (TPSA) is 101 Å². The number of nitrogens with zero attached hydrogens (tertiary/aromatic N) is 3. The number of carbonyl (C=O) groups excluding carboxylic acids is 1. The molecule has 1 amide bonds. The summed E-state index contributed by atoms with van der Waals surface area (Å²) in [5, 5.41) is 3.58. The number of rotatable bonds is 9. The van der Waals surface area contributed by atoms with Gasteiger partial charge in [0, 0.05) is 44.1 Å². The third kappa shape index (κ3) is 8.11. The number of piperidine rings is 1. The zero-order chi connectivity index (χ0) is 33.3. The van der Waals surface area contributed by atoms with Gasteiger partial charge < -0.3 is 14.4 Å². The Morgan fingerprint density at radius 1 is 1.11 bits per heavy atom. The summed E-state index contributed by atoms with van der Waals surface area (Å²) >= 11 is 0. The van der Waals surface area contributed by atoms with Crippen molar-refractivity contribution in [3.05, 3.63) is 75.5 Å². The van der Waals surface area contributed by atoms with Crippen LogP contribution in [0.15, 0.2) is 51.8 Å². The molecule has 2 aromatic carbocycles. The van der Waals surface area contributed by atoms with Crippen molar-refractivity contribution in [1.29, 1.82) is 0 Å². The Morgan fingerprint density at radius 3 is 2.36 bits per heavy atom. The first-order valence-corrected chi connectivity index (χ1v) is 15.4. The van der Waals surface area contributed by atoms with Crippen LogP contribution in [-0.2, 0) is 17.4 Å². The number of aromatic nitrogens is 2. The molecule has 14 heteroatoms. The van der Waals surface area contributed by atoms with E-state index in [4.69, 9.17) is 9.47 Å². The van der Waals surface area contributed by atoms with Gasteiger partial charge in [-0.1, -0.05) is 23.4 Å². The van der Waals surface area contributed by atoms with Gasteiger partial charge in [-0.2, -0.15) is 13.2 Å². The minimum atomic E-state index is -4.55. The summed E-state index contributed by atoms with van der Waals surface area (Å²) in [5.74, 6) is -1.02. The zero-order valence-electron chi connectivity index (χ0n) is 26.9. The van der Waals surface area contributed by atoms with E-state index in [1.54, 1.807) is 36.3 Å². The van der Waals surface area contributed by atoms with Crippen LogP contribution in [0.3, 0.4) is 0 Å². The van der Waals surface area contributed by atoms with Gasteiger partial charge in [-0.15, -0.1) is 12.4 Å². The van der Waals surface area contributed by atoms with Crippen molar-refractivity contribution in [2.24, 2.45) is 0 Å². The summed E-state index contributed by atoms with van der Waals surface area (Å²) in [6, 6.07) is 10.6. The fourth-order valence-electron chi connectivity index (χ4n) is 6.37. The predicted molar refractivity (Wildman–Crippen MR) is 169 cm³/mol. The first kappa shape index (κ1) is 36.3. The lowest BCUT2D eigenvalue weighted by Crippen LogP contribution is -2.53. The van der Waals surface area contributed by atoms with E-state index in [0.717, 1.165) is 17.7 Å². The Hall–Kier alpha value is -3.58. The highest BCUT2D eigenvalue weighted by molar-refractivity contribution is 5.87. The maximum atomic E-state index is 17.1. The molecule has 2 aliphatic rings. The number of halogens is 5. The van der Waals surface area contributed by atoms with Gasteiger partial charge in [-0.3, -0.25) is 19.2 Å². The van der Waals surface area contributed by atoms with Crippen molar-refractivity contribution in [2.45, 2.75) is 75.7 Å². The summed E-state index contributed by atoms with van der Waals surface area (Å²) in [7, 11) is 1.56. The van der Waals surface area contributed by atoms with Gasteiger partial charge in [-0.25, -0.2) is 9.18 Å². The van der Waals surface area contributed by atoms with E-state index in [9.17, 15) is 22.8 Å². The van der Waals surface area contributed by atoms with Crippen LogP contribution >= 0.6 is 12.4 Å². The van der Waals surface area contributed by atoms with Gasteiger partial charge in [0.15, 0.2) is 5.82 Å². The Morgan fingerprint density at radius 2 is 1.79 bits per heavy atom. The minimum Gasteiger partial charge on any atom is -0.497 e. The molecule has 2 saturated heterocycles. The summed E-state index contributed by atoms with van der Waals surface area (Å²) in [4.78, 5) is 31.1. The van der Waals surface area contributed by atoms with Crippen molar-refractivity contribution in [2.75, 3.05) is 39.9 Å². The molecule has 2 aliphatic heterocycles. The quantitative estimate of drug-likeness (QED) is 0.214. The average molecular weight is 685 g/mol. The molecule has 0 spiro atoms. The number of aryl methyl sites for hydroxylation is 1. The van der Waals surface area contributed by atoms with Gasteiger partial charge in [0.05, 0.1) is 19.3 Å². The van der Waals surface area contributed by atoms with E-state index >= 15 is 4.39 Å². The molecular weight excluding hydrogens is 644 g/mol. The molecule has 258 valence electrons. The number of hydrogen-bond donors (Lipinski definition) is 1. The molecule has 1 N–H and O–H groups in total. The molecule has 2 atom stereocenters. The van der Waals surface area contributed by atoms with Crippen molar-refractivity contribution in [3.8, 4) is 11.5 Å². The Labute approximate surface area is 277 Å². The van der Waals surface area contributed by atoms with Crippen molar-refractivity contribution < 1.29 is 36.4 Å². The summed E-state index contributed by atoms with van der Waals surface area (Å²) in [6.07, 6.45) is -2.97. The minimum absolute atomic E-state index is 0. The molecule has 0 unspecified atom stereocenters. The molecule has 0 aliphatic carbocycles. The second kappa shape index (κ2) is 14.3. The second-order valence-corrected chi connectivity index (χ2v) is 13.1. The highest BCUT2D eigenvalue weighted by atomic mass is 35.5. The smallest absolute Gasteiger partial charge is 0.438 e. The second-order valence-electron chi connectivity index (χ2n) is 13.1. The molecule has 9 nitrogen and oxygen atoms in total. The third-order valence-electron chi connectivity index (χ3n) is 9.06. The SMILES string of the molecule is COc1ccc([C@@H]2CN(C(C)(C)C)C[C@@]2(F)C(=O)N2CCC(c3ccc(C(F)(F)F)cc3OCCCc3noc(=O)[nH]3)CC2)cc1.Cl. The molecule has 3 heterocycles. The highest BCUT2D eigenvalue weighted by Gasteiger charge is 2.57. The predicted octanol–water partition coefficient (Wildman–Crippen LogP) is 6.14.